The molecular formula is C17H27NOS. The largest absolute Gasteiger partial charge is 0.323 e. The monoisotopic (exact) mass is 293 g/mol. The first-order chi connectivity index (χ1) is 9.47. The molecule has 1 aliphatic carbocycles. The van der Waals surface area contributed by atoms with Gasteiger partial charge in [-0.3, -0.25) is 4.21 Å². The van der Waals surface area contributed by atoms with E-state index in [0.29, 0.717) is 11.0 Å². The molecule has 0 radical (unpaired) electrons. The van der Waals surface area contributed by atoms with Crippen LogP contribution in [0.2, 0.25) is 0 Å². The van der Waals surface area contributed by atoms with Crippen LogP contribution in [0.15, 0.2) is 18.2 Å². The number of benzene rings is 1. The van der Waals surface area contributed by atoms with Crippen LogP contribution in [0.25, 0.3) is 0 Å². The van der Waals surface area contributed by atoms with Gasteiger partial charge in [-0.2, -0.15) is 0 Å². The summed E-state index contributed by atoms with van der Waals surface area (Å²) in [4.78, 5) is 0. The van der Waals surface area contributed by atoms with E-state index in [-0.39, 0.29) is 6.04 Å². The summed E-state index contributed by atoms with van der Waals surface area (Å²) in [7, 11) is -0.796. The maximum atomic E-state index is 12.5. The predicted octanol–water partition coefficient (Wildman–Crippen LogP) is 3.63. The second kappa shape index (κ2) is 6.86. The van der Waals surface area contributed by atoms with Gasteiger partial charge in [0.2, 0.25) is 0 Å². The summed E-state index contributed by atoms with van der Waals surface area (Å²) in [6, 6.07) is 6.23. The van der Waals surface area contributed by atoms with E-state index in [4.69, 9.17) is 5.73 Å². The Balaban J connectivity index is 1.99. The van der Waals surface area contributed by atoms with Gasteiger partial charge in [-0.05, 0) is 43.7 Å². The summed E-state index contributed by atoms with van der Waals surface area (Å²) in [5.74, 6) is 1.32. The highest BCUT2D eigenvalue weighted by Gasteiger charge is 2.25. The lowest BCUT2D eigenvalue weighted by atomic mass is 9.91. The molecule has 4 atom stereocenters. The first kappa shape index (κ1) is 15.7. The van der Waals surface area contributed by atoms with Gasteiger partial charge in [-0.15, -0.1) is 0 Å². The van der Waals surface area contributed by atoms with Crippen molar-refractivity contribution < 1.29 is 4.21 Å². The first-order valence-electron chi connectivity index (χ1n) is 7.67. The molecule has 2 N–H and O–H groups in total. The molecule has 3 heteroatoms. The maximum absolute atomic E-state index is 12.5. The van der Waals surface area contributed by atoms with E-state index in [1.807, 2.05) is 0 Å². The molecular weight excluding hydrogens is 266 g/mol. The summed E-state index contributed by atoms with van der Waals surface area (Å²) in [5, 5.41) is 0.357. The Labute approximate surface area is 125 Å². The Kier molecular flexibility index (Phi) is 5.39. The van der Waals surface area contributed by atoms with Gasteiger partial charge in [-0.25, -0.2) is 0 Å². The first-order valence-corrected chi connectivity index (χ1v) is 9.05. The van der Waals surface area contributed by atoms with E-state index in [9.17, 15) is 4.21 Å². The molecule has 0 aromatic heterocycles. The number of hydrogen-bond acceptors (Lipinski definition) is 2. The second-order valence-corrected chi connectivity index (χ2v) is 8.17. The fourth-order valence-electron chi connectivity index (χ4n) is 3.26. The van der Waals surface area contributed by atoms with Crippen molar-refractivity contribution in [1.29, 1.82) is 0 Å². The van der Waals surface area contributed by atoms with Crippen LogP contribution in [0.1, 0.15) is 55.3 Å². The summed E-state index contributed by atoms with van der Waals surface area (Å²) in [6.45, 7) is 6.45. The SMILES string of the molecule is Cc1ccc(C(N)CS(=O)C2CCCC(C)C2)c(C)c1. The third kappa shape index (κ3) is 3.92. The molecule has 112 valence electrons. The van der Waals surface area contributed by atoms with Crippen LogP contribution in [0.4, 0.5) is 0 Å². The van der Waals surface area contributed by atoms with Crippen LogP contribution in [-0.2, 0) is 10.8 Å². The molecule has 2 nitrogen and oxygen atoms in total. The highest BCUT2D eigenvalue weighted by atomic mass is 32.2. The van der Waals surface area contributed by atoms with Crippen LogP contribution in [-0.4, -0.2) is 15.2 Å². The highest BCUT2D eigenvalue weighted by molar-refractivity contribution is 7.85. The molecule has 0 heterocycles. The van der Waals surface area contributed by atoms with Gasteiger partial charge < -0.3 is 5.73 Å². The van der Waals surface area contributed by atoms with Gasteiger partial charge in [-0.1, -0.05) is 43.5 Å². The average molecular weight is 293 g/mol. The van der Waals surface area contributed by atoms with E-state index in [1.54, 1.807) is 0 Å². The zero-order valence-electron chi connectivity index (χ0n) is 12.9. The highest BCUT2D eigenvalue weighted by Crippen LogP contribution is 2.28. The molecule has 1 aliphatic rings. The van der Waals surface area contributed by atoms with Crippen molar-refractivity contribution in [2.45, 2.75) is 57.7 Å². The molecule has 0 amide bonds. The minimum atomic E-state index is -0.796. The topological polar surface area (TPSA) is 43.1 Å². The molecule has 0 saturated heterocycles. The lowest BCUT2D eigenvalue weighted by Gasteiger charge is -2.27. The quantitative estimate of drug-likeness (QED) is 0.921. The fraction of sp³-hybridized carbons (Fsp3) is 0.647. The Bertz CT molecular complexity index is 486. The van der Waals surface area contributed by atoms with Gasteiger partial charge in [0.15, 0.2) is 0 Å². The lowest BCUT2D eigenvalue weighted by Crippen LogP contribution is -2.29. The van der Waals surface area contributed by atoms with E-state index in [2.05, 4.69) is 39.0 Å². The third-order valence-electron chi connectivity index (χ3n) is 4.43. The minimum Gasteiger partial charge on any atom is -0.323 e. The molecule has 0 spiro atoms. The zero-order chi connectivity index (χ0) is 14.7. The van der Waals surface area contributed by atoms with Crippen LogP contribution in [0, 0.1) is 19.8 Å². The van der Waals surface area contributed by atoms with Crippen molar-refractivity contribution >= 4 is 10.8 Å². The fourth-order valence-corrected chi connectivity index (χ4v) is 5.04. The van der Waals surface area contributed by atoms with Gasteiger partial charge in [0.05, 0.1) is 0 Å². The summed E-state index contributed by atoms with van der Waals surface area (Å²) in [5.41, 5.74) is 9.91. The van der Waals surface area contributed by atoms with E-state index in [0.717, 1.165) is 24.3 Å². The van der Waals surface area contributed by atoms with Crippen molar-refractivity contribution in [3.8, 4) is 0 Å². The van der Waals surface area contributed by atoms with E-state index >= 15 is 0 Å². The number of hydrogen-bond donors (Lipinski definition) is 1. The molecule has 4 unspecified atom stereocenters. The smallest absolute Gasteiger partial charge is 0.0431 e. The lowest BCUT2D eigenvalue weighted by molar-refractivity contribution is 0.389. The normalized spacial score (nSPS) is 26.2. The van der Waals surface area contributed by atoms with Gasteiger partial charge in [0.1, 0.15) is 0 Å². The maximum Gasteiger partial charge on any atom is 0.0431 e. The number of nitrogens with two attached hydrogens (primary N) is 1. The Morgan fingerprint density at radius 3 is 2.75 bits per heavy atom. The van der Waals surface area contributed by atoms with Gasteiger partial charge in [0, 0.05) is 27.8 Å². The molecule has 0 bridgehead atoms. The number of rotatable bonds is 4. The Morgan fingerprint density at radius 1 is 1.35 bits per heavy atom. The van der Waals surface area contributed by atoms with E-state index < -0.39 is 10.8 Å². The second-order valence-electron chi connectivity index (χ2n) is 6.41. The average Bonchev–Trinajstić information content (AvgIpc) is 2.38. The Morgan fingerprint density at radius 2 is 2.10 bits per heavy atom. The zero-order valence-corrected chi connectivity index (χ0v) is 13.7. The predicted molar refractivity (Wildman–Crippen MR) is 87.3 cm³/mol. The molecule has 0 aliphatic heterocycles. The summed E-state index contributed by atoms with van der Waals surface area (Å²) in [6.07, 6.45) is 4.72. The van der Waals surface area contributed by atoms with Crippen molar-refractivity contribution in [2.75, 3.05) is 5.75 Å². The van der Waals surface area contributed by atoms with Crippen molar-refractivity contribution in [1.82, 2.24) is 0 Å². The molecule has 1 fully saturated rings. The van der Waals surface area contributed by atoms with Crippen LogP contribution in [0.3, 0.4) is 0 Å². The summed E-state index contributed by atoms with van der Waals surface area (Å²) < 4.78 is 12.5. The van der Waals surface area contributed by atoms with Crippen molar-refractivity contribution in [3.05, 3.63) is 34.9 Å². The van der Waals surface area contributed by atoms with Crippen molar-refractivity contribution in [3.63, 3.8) is 0 Å². The Hall–Kier alpha value is -0.670. The molecule has 2 rings (SSSR count). The third-order valence-corrected chi connectivity index (χ3v) is 6.29. The number of aryl methyl sites for hydroxylation is 2. The summed E-state index contributed by atoms with van der Waals surface area (Å²) >= 11 is 0. The van der Waals surface area contributed by atoms with Gasteiger partial charge >= 0.3 is 0 Å². The van der Waals surface area contributed by atoms with Gasteiger partial charge in [0.25, 0.3) is 0 Å². The van der Waals surface area contributed by atoms with Crippen LogP contribution >= 0.6 is 0 Å². The van der Waals surface area contributed by atoms with Crippen LogP contribution in [0.5, 0.6) is 0 Å². The standard InChI is InChI=1S/C17H27NOS/c1-12-5-4-6-15(10-12)20(19)11-17(18)16-8-7-13(2)9-14(16)3/h7-9,12,15,17H,4-6,10-11,18H2,1-3H3. The van der Waals surface area contributed by atoms with Crippen LogP contribution < -0.4 is 5.73 Å². The molecule has 1 aromatic rings. The minimum absolute atomic E-state index is 0.103. The molecule has 1 aromatic carbocycles. The van der Waals surface area contributed by atoms with E-state index in [1.165, 1.54) is 24.0 Å². The molecule has 20 heavy (non-hydrogen) atoms. The molecule has 1 saturated carbocycles. The van der Waals surface area contributed by atoms with Crippen molar-refractivity contribution in [2.24, 2.45) is 11.7 Å².